The SMILES string of the molecule is CCCn1cncc1CN1CC(N)C1. The Hall–Kier alpha value is -0.870. The van der Waals surface area contributed by atoms with Crippen LogP contribution in [0.5, 0.6) is 0 Å². The number of nitrogens with two attached hydrogens (primary N) is 1. The van der Waals surface area contributed by atoms with E-state index < -0.39 is 0 Å². The number of likely N-dealkylation sites (tertiary alicyclic amines) is 1. The van der Waals surface area contributed by atoms with Crippen molar-refractivity contribution in [2.24, 2.45) is 5.73 Å². The lowest BCUT2D eigenvalue weighted by Crippen LogP contribution is -2.55. The third kappa shape index (κ3) is 1.96. The standard InChI is InChI=1S/C10H18N4/c1-2-3-14-8-12-4-10(14)7-13-5-9(11)6-13/h4,8-9H,2-3,5-7,11H2,1H3. The molecule has 2 heterocycles. The van der Waals surface area contributed by atoms with Gasteiger partial charge in [-0.2, -0.15) is 0 Å². The Morgan fingerprint density at radius 3 is 3.00 bits per heavy atom. The van der Waals surface area contributed by atoms with Crippen LogP contribution in [0.3, 0.4) is 0 Å². The number of nitrogens with zero attached hydrogens (tertiary/aromatic N) is 3. The average molecular weight is 194 g/mol. The monoisotopic (exact) mass is 194 g/mol. The smallest absolute Gasteiger partial charge is 0.0948 e. The van der Waals surface area contributed by atoms with Gasteiger partial charge in [-0.15, -0.1) is 0 Å². The third-order valence-electron chi connectivity index (χ3n) is 2.63. The van der Waals surface area contributed by atoms with Crippen LogP contribution in [-0.2, 0) is 13.1 Å². The fraction of sp³-hybridized carbons (Fsp3) is 0.700. The molecule has 0 radical (unpaired) electrons. The van der Waals surface area contributed by atoms with Gasteiger partial charge >= 0.3 is 0 Å². The molecule has 1 aliphatic rings. The predicted octanol–water partition coefficient (Wildman–Crippen LogP) is 0.436. The summed E-state index contributed by atoms with van der Waals surface area (Å²) in [4.78, 5) is 6.53. The predicted molar refractivity (Wildman–Crippen MR) is 55.8 cm³/mol. The Balaban J connectivity index is 1.91. The van der Waals surface area contributed by atoms with E-state index in [4.69, 9.17) is 5.73 Å². The van der Waals surface area contributed by atoms with Crippen LogP contribution in [0.2, 0.25) is 0 Å². The number of aromatic nitrogens is 2. The Labute approximate surface area is 84.7 Å². The van der Waals surface area contributed by atoms with E-state index in [1.165, 1.54) is 5.69 Å². The van der Waals surface area contributed by atoms with Crippen molar-refractivity contribution in [2.75, 3.05) is 13.1 Å². The molecule has 0 amide bonds. The molecule has 1 fully saturated rings. The van der Waals surface area contributed by atoms with Crippen LogP contribution in [0.4, 0.5) is 0 Å². The van der Waals surface area contributed by atoms with Gasteiger partial charge in [0.2, 0.25) is 0 Å². The lowest BCUT2D eigenvalue weighted by molar-refractivity contribution is 0.139. The number of aryl methyl sites for hydroxylation is 1. The summed E-state index contributed by atoms with van der Waals surface area (Å²) in [6.07, 6.45) is 5.03. The maximum atomic E-state index is 5.73. The maximum Gasteiger partial charge on any atom is 0.0948 e. The third-order valence-corrected chi connectivity index (χ3v) is 2.63. The molecule has 0 aliphatic carbocycles. The Kier molecular flexibility index (Phi) is 2.84. The summed E-state index contributed by atoms with van der Waals surface area (Å²) in [6, 6.07) is 0.387. The molecule has 2 rings (SSSR count). The molecule has 1 aromatic heterocycles. The second-order valence-electron chi connectivity index (χ2n) is 4.03. The summed E-state index contributed by atoms with van der Waals surface area (Å²) in [5.74, 6) is 0. The fourth-order valence-corrected chi connectivity index (χ4v) is 1.89. The number of imidazole rings is 1. The van der Waals surface area contributed by atoms with Crippen molar-refractivity contribution < 1.29 is 0 Å². The van der Waals surface area contributed by atoms with E-state index in [1.807, 2.05) is 12.5 Å². The quantitative estimate of drug-likeness (QED) is 0.756. The van der Waals surface area contributed by atoms with Gasteiger partial charge in [0, 0.05) is 38.4 Å². The van der Waals surface area contributed by atoms with E-state index >= 15 is 0 Å². The minimum atomic E-state index is 0.387. The first-order valence-electron chi connectivity index (χ1n) is 5.26. The summed E-state index contributed by atoms with van der Waals surface area (Å²) in [5.41, 5.74) is 7.03. The van der Waals surface area contributed by atoms with E-state index in [2.05, 4.69) is 21.4 Å². The largest absolute Gasteiger partial charge is 0.333 e. The van der Waals surface area contributed by atoms with Gasteiger partial charge in [-0.1, -0.05) is 6.92 Å². The molecule has 0 bridgehead atoms. The lowest BCUT2D eigenvalue weighted by Gasteiger charge is -2.36. The molecule has 1 aromatic rings. The van der Waals surface area contributed by atoms with Gasteiger partial charge in [-0.25, -0.2) is 4.98 Å². The van der Waals surface area contributed by atoms with Crippen LogP contribution in [0.1, 0.15) is 19.0 Å². The van der Waals surface area contributed by atoms with Crippen molar-refractivity contribution in [3.63, 3.8) is 0 Å². The highest BCUT2D eigenvalue weighted by atomic mass is 15.2. The first kappa shape index (κ1) is 9.68. The number of hydrogen-bond acceptors (Lipinski definition) is 3. The van der Waals surface area contributed by atoms with Crippen LogP contribution >= 0.6 is 0 Å². The van der Waals surface area contributed by atoms with Crippen LogP contribution in [0.25, 0.3) is 0 Å². The topological polar surface area (TPSA) is 47.1 Å². The van der Waals surface area contributed by atoms with Crippen LogP contribution < -0.4 is 5.73 Å². The Bertz CT molecular complexity index is 288. The summed E-state index contributed by atoms with van der Waals surface area (Å²) < 4.78 is 2.23. The summed E-state index contributed by atoms with van der Waals surface area (Å²) in [6.45, 7) is 6.29. The lowest BCUT2D eigenvalue weighted by atomic mass is 10.1. The van der Waals surface area contributed by atoms with E-state index in [9.17, 15) is 0 Å². The molecule has 78 valence electrons. The van der Waals surface area contributed by atoms with Gasteiger partial charge in [0.1, 0.15) is 0 Å². The summed E-state index contributed by atoms with van der Waals surface area (Å²) in [5, 5.41) is 0. The zero-order valence-electron chi connectivity index (χ0n) is 8.69. The molecule has 4 nitrogen and oxygen atoms in total. The molecule has 1 saturated heterocycles. The van der Waals surface area contributed by atoms with E-state index in [-0.39, 0.29) is 0 Å². The van der Waals surface area contributed by atoms with Gasteiger partial charge < -0.3 is 10.3 Å². The van der Waals surface area contributed by atoms with Crippen LogP contribution in [0.15, 0.2) is 12.5 Å². The molecular weight excluding hydrogens is 176 g/mol. The number of hydrogen-bond donors (Lipinski definition) is 1. The van der Waals surface area contributed by atoms with E-state index in [0.29, 0.717) is 6.04 Å². The molecule has 4 heteroatoms. The molecule has 1 aliphatic heterocycles. The second kappa shape index (κ2) is 4.11. The normalized spacial score (nSPS) is 18.4. The molecule has 0 saturated carbocycles. The van der Waals surface area contributed by atoms with E-state index in [0.717, 1.165) is 32.6 Å². The maximum absolute atomic E-state index is 5.73. The zero-order chi connectivity index (χ0) is 9.97. The zero-order valence-corrected chi connectivity index (χ0v) is 8.69. The van der Waals surface area contributed by atoms with Gasteiger partial charge in [0.05, 0.1) is 12.0 Å². The van der Waals surface area contributed by atoms with Crippen molar-refractivity contribution in [3.05, 3.63) is 18.2 Å². The van der Waals surface area contributed by atoms with E-state index in [1.54, 1.807) is 0 Å². The average Bonchev–Trinajstić information content (AvgIpc) is 2.51. The van der Waals surface area contributed by atoms with Crippen molar-refractivity contribution in [1.29, 1.82) is 0 Å². The van der Waals surface area contributed by atoms with Crippen molar-refractivity contribution in [2.45, 2.75) is 32.5 Å². The van der Waals surface area contributed by atoms with Crippen molar-refractivity contribution >= 4 is 0 Å². The first-order valence-corrected chi connectivity index (χ1v) is 5.26. The first-order chi connectivity index (χ1) is 6.79. The minimum Gasteiger partial charge on any atom is -0.333 e. The Morgan fingerprint density at radius 1 is 1.57 bits per heavy atom. The number of rotatable bonds is 4. The molecule has 14 heavy (non-hydrogen) atoms. The minimum absolute atomic E-state index is 0.387. The van der Waals surface area contributed by atoms with Gasteiger partial charge in [-0.3, -0.25) is 4.90 Å². The summed E-state index contributed by atoms with van der Waals surface area (Å²) in [7, 11) is 0. The summed E-state index contributed by atoms with van der Waals surface area (Å²) >= 11 is 0. The van der Waals surface area contributed by atoms with Gasteiger partial charge in [0.25, 0.3) is 0 Å². The fourth-order valence-electron chi connectivity index (χ4n) is 1.89. The van der Waals surface area contributed by atoms with Gasteiger partial charge in [-0.05, 0) is 6.42 Å². The molecular formula is C10H18N4. The molecule has 2 N–H and O–H groups in total. The highest BCUT2D eigenvalue weighted by Crippen LogP contribution is 2.11. The van der Waals surface area contributed by atoms with Crippen molar-refractivity contribution in [1.82, 2.24) is 14.5 Å². The van der Waals surface area contributed by atoms with Gasteiger partial charge in [0.15, 0.2) is 0 Å². The van der Waals surface area contributed by atoms with Crippen LogP contribution in [0, 0.1) is 0 Å². The van der Waals surface area contributed by atoms with Crippen LogP contribution in [-0.4, -0.2) is 33.6 Å². The Morgan fingerprint density at radius 2 is 2.36 bits per heavy atom. The molecule has 0 atom stereocenters. The highest BCUT2D eigenvalue weighted by molar-refractivity contribution is 5.00. The molecule has 0 unspecified atom stereocenters. The van der Waals surface area contributed by atoms with Crippen molar-refractivity contribution in [3.8, 4) is 0 Å². The highest BCUT2D eigenvalue weighted by Gasteiger charge is 2.23. The molecule has 0 aromatic carbocycles. The molecule has 0 spiro atoms. The second-order valence-corrected chi connectivity index (χ2v) is 4.03.